The highest BCUT2D eigenvalue weighted by Gasteiger charge is 2.36. The summed E-state index contributed by atoms with van der Waals surface area (Å²) < 4.78 is 17.7. The second-order valence-electron chi connectivity index (χ2n) is 9.51. The lowest BCUT2D eigenvalue weighted by Crippen LogP contribution is -2.41. The predicted octanol–water partition coefficient (Wildman–Crippen LogP) is 2.04. The molecular formula is C24H47N3O6. The number of hydrogen-bond donors (Lipinski definition) is 3. The van der Waals surface area contributed by atoms with E-state index in [1.807, 2.05) is 20.8 Å². The minimum Gasteiger partial charge on any atom is -0.380 e. The normalized spacial score (nSPS) is 11.8. The molecule has 0 aliphatic rings. The first-order chi connectivity index (χ1) is 15.6. The first kappa shape index (κ1) is 31.3. The van der Waals surface area contributed by atoms with E-state index in [1.165, 1.54) is 0 Å². The summed E-state index contributed by atoms with van der Waals surface area (Å²) in [7, 11) is 0. The molecule has 3 amide bonds. The molecule has 9 heteroatoms. The molecule has 0 unspecified atom stereocenters. The molecule has 0 bridgehead atoms. The third kappa shape index (κ3) is 17.4. The maximum atomic E-state index is 11.7. The van der Waals surface area contributed by atoms with Gasteiger partial charge in [-0.25, -0.2) is 0 Å². The van der Waals surface area contributed by atoms with Gasteiger partial charge in [-0.3, -0.25) is 14.4 Å². The van der Waals surface area contributed by atoms with Crippen molar-refractivity contribution < 1.29 is 28.6 Å². The van der Waals surface area contributed by atoms with E-state index in [4.69, 9.17) is 14.2 Å². The van der Waals surface area contributed by atoms with Crippen LogP contribution in [0.1, 0.15) is 67.2 Å². The van der Waals surface area contributed by atoms with Gasteiger partial charge in [-0.1, -0.05) is 20.8 Å². The van der Waals surface area contributed by atoms with Gasteiger partial charge >= 0.3 is 0 Å². The standard InChI is InChI=1S/C24H47N3O6/c1-7-25-20(28)10-13-31-17-24(16-23(4,5)6,18-32-14-11-21(29)26-8-2)19-33-15-12-22(30)27-9-3/h7-19H2,1-6H3,(H,25,28)(H,26,29)(H,27,30). The fourth-order valence-electron chi connectivity index (χ4n) is 3.62. The Bertz CT molecular complexity index is 498. The molecule has 0 fully saturated rings. The van der Waals surface area contributed by atoms with Crippen LogP contribution < -0.4 is 16.0 Å². The highest BCUT2D eigenvalue weighted by atomic mass is 16.5. The number of carbonyl (C=O) groups is 3. The van der Waals surface area contributed by atoms with Crippen molar-refractivity contribution in [2.75, 3.05) is 59.3 Å². The number of amides is 3. The maximum Gasteiger partial charge on any atom is 0.222 e. The highest BCUT2D eigenvalue weighted by Crippen LogP contribution is 2.35. The van der Waals surface area contributed by atoms with Gasteiger partial charge in [0.05, 0.1) is 39.6 Å². The number of nitrogens with one attached hydrogen (secondary N) is 3. The summed E-state index contributed by atoms with van der Waals surface area (Å²) in [5, 5.41) is 8.29. The quantitative estimate of drug-likeness (QED) is 0.247. The third-order valence-corrected chi connectivity index (χ3v) is 4.67. The van der Waals surface area contributed by atoms with Gasteiger partial charge in [-0.2, -0.15) is 0 Å². The zero-order valence-corrected chi connectivity index (χ0v) is 21.6. The molecule has 0 aromatic rings. The molecule has 0 aromatic heterocycles. The van der Waals surface area contributed by atoms with Gasteiger partial charge in [0.1, 0.15) is 0 Å². The zero-order chi connectivity index (χ0) is 25.2. The Morgan fingerprint density at radius 2 is 0.909 bits per heavy atom. The van der Waals surface area contributed by atoms with Crippen molar-refractivity contribution in [1.29, 1.82) is 0 Å². The summed E-state index contributed by atoms with van der Waals surface area (Å²) >= 11 is 0. The Kier molecular flexibility index (Phi) is 16.8. The molecule has 0 heterocycles. The van der Waals surface area contributed by atoms with Crippen LogP contribution in [0.2, 0.25) is 0 Å². The van der Waals surface area contributed by atoms with Crippen molar-refractivity contribution in [1.82, 2.24) is 16.0 Å². The second-order valence-corrected chi connectivity index (χ2v) is 9.51. The van der Waals surface area contributed by atoms with Crippen LogP contribution in [0.3, 0.4) is 0 Å². The molecule has 0 aromatic carbocycles. The fourth-order valence-corrected chi connectivity index (χ4v) is 3.62. The molecule has 33 heavy (non-hydrogen) atoms. The largest absolute Gasteiger partial charge is 0.380 e. The van der Waals surface area contributed by atoms with Crippen molar-refractivity contribution in [2.45, 2.75) is 67.2 Å². The van der Waals surface area contributed by atoms with Gasteiger partial charge in [-0.15, -0.1) is 0 Å². The molecular weight excluding hydrogens is 426 g/mol. The summed E-state index contributed by atoms with van der Waals surface area (Å²) in [4.78, 5) is 35.2. The monoisotopic (exact) mass is 473 g/mol. The van der Waals surface area contributed by atoms with Gasteiger partial charge in [0.2, 0.25) is 17.7 Å². The lowest BCUT2D eigenvalue weighted by Gasteiger charge is -2.38. The molecule has 0 saturated heterocycles. The van der Waals surface area contributed by atoms with E-state index in [0.717, 1.165) is 6.42 Å². The van der Waals surface area contributed by atoms with E-state index in [0.29, 0.717) is 59.3 Å². The molecule has 0 atom stereocenters. The Labute approximate surface area is 200 Å². The Hall–Kier alpha value is -1.71. The van der Waals surface area contributed by atoms with Crippen LogP contribution in [0.25, 0.3) is 0 Å². The number of carbonyl (C=O) groups excluding carboxylic acids is 3. The molecule has 0 rings (SSSR count). The summed E-state index contributed by atoms with van der Waals surface area (Å²) in [5.74, 6) is -0.138. The average molecular weight is 474 g/mol. The van der Waals surface area contributed by atoms with Crippen molar-refractivity contribution >= 4 is 17.7 Å². The Morgan fingerprint density at radius 3 is 1.15 bits per heavy atom. The second kappa shape index (κ2) is 17.7. The Morgan fingerprint density at radius 1 is 0.606 bits per heavy atom. The number of hydrogen-bond acceptors (Lipinski definition) is 6. The fraction of sp³-hybridized carbons (Fsp3) is 0.875. The van der Waals surface area contributed by atoms with Crippen LogP contribution in [0.5, 0.6) is 0 Å². The van der Waals surface area contributed by atoms with E-state index in [-0.39, 0.29) is 42.4 Å². The van der Waals surface area contributed by atoms with Crippen LogP contribution in [0.4, 0.5) is 0 Å². The van der Waals surface area contributed by atoms with Crippen LogP contribution >= 0.6 is 0 Å². The van der Waals surface area contributed by atoms with Gasteiger partial charge < -0.3 is 30.2 Å². The lowest BCUT2D eigenvalue weighted by molar-refractivity contribution is -0.125. The van der Waals surface area contributed by atoms with Gasteiger partial charge in [0.25, 0.3) is 0 Å². The third-order valence-electron chi connectivity index (χ3n) is 4.67. The Balaban J connectivity index is 5.08. The first-order valence-corrected chi connectivity index (χ1v) is 12.1. The van der Waals surface area contributed by atoms with Crippen LogP contribution in [0.15, 0.2) is 0 Å². The van der Waals surface area contributed by atoms with Crippen LogP contribution in [0, 0.1) is 10.8 Å². The molecule has 0 aliphatic heterocycles. The van der Waals surface area contributed by atoms with Crippen LogP contribution in [-0.4, -0.2) is 77.0 Å². The van der Waals surface area contributed by atoms with Gasteiger partial charge in [0.15, 0.2) is 0 Å². The number of rotatable bonds is 19. The highest BCUT2D eigenvalue weighted by molar-refractivity contribution is 5.76. The van der Waals surface area contributed by atoms with E-state index in [2.05, 4.69) is 36.7 Å². The maximum absolute atomic E-state index is 11.7. The van der Waals surface area contributed by atoms with E-state index >= 15 is 0 Å². The van der Waals surface area contributed by atoms with Gasteiger partial charge in [0, 0.05) is 44.3 Å². The summed E-state index contributed by atoms with van der Waals surface area (Å²) in [5.41, 5.74) is -0.503. The van der Waals surface area contributed by atoms with Crippen LogP contribution in [-0.2, 0) is 28.6 Å². The topological polar surface area (TPSA) is 115 Å². The summed E-state index contributed by atoms with van der Waals surface area (Å²) in [6.45, 7) is 15.8. The lowest BCUT2D eigenvalue weighted by atomic mass is 9.75. The molecule has 0 aliphatic carbocycles. The van der Waals surface area contributed by atoms with E-state index in [9.17, 15) is 14.4 Å². The number of ether oxygens (including phenoxy) is 3. The molecule has 9 nitrogen and oxygen atoms in total. The smallest absolute Gasteiger partial charge is 0.222 e. The molecule has 3 N–H and O–H groups in total. The molecule has 0 radical (unpaired) electrons. The summed E-state index contributed by atoms with van der Waals surface area (Å²) in [6, 6.07) is 0. The van der Waals surface area contributed by atoms with Crippen molar-refractivity contribution in [3.8, 4) is 0 Å². The minimum atomic E-state index is -0.470. The average Bonchev–Trinajstić information content (AvgIpc) is 2.71. The van der Waals surface area contributed by atoms with Gasteiger partial charge in [-0.05, 0) is 32.6 Å². The molecule has 0 saturated carbocycles. The summed E-state index contributed by atoms with van der Waals surface area (Å²) in [6.07, 6.45) is 1.62. The van der Waals surface area contributed by atoms with Crippen molar-refractivity contribution in [2.24, 2.45) is 10.8 Å². The first-order valence-electron chi connectivity index (χ1n) is 12.1. The zero-order valence-electron chi connectivity index (χ0n) is 21.6. The van der Waals surface area contributed by atoms with E-state index in [1.54, 1.807) is 0 Å². The molecule has 194 valence electrons. The molecule has 0 spiro atoms. The SMILES string of the molecule is CCNC(=O)CCOCC(COCCC(=O)NCC)(COCCC(=O)NCC)CC(C)(C)C. The van der Waals surface area contributed by atoms with Crippen molar-refractivity contribution in [3.63, 3.8) is 0 Å². The minimum absolute atomic E-state index is 0.0329. The van der Waals surface area contributed by atoms with Crippen molar-refractivity contribution in [3.05, 3.63) is 0 Å². The predicted molar refractivity (Wildman–Crippen MR) is 129 cm³/mol. The van der Waals surface area contributed by atoms with E-state index < -0.39 is 5.41 Å².